The summed E-state index contributed by atoms with van der Waals surface area (Å²) in [6, 6.07) is 17.8. The van der Waals surface area contributed by atoms with Gasteiger partial charge in [-0.1, -0.05) is 48.2 Å². The SMILES string of the molecule is O=C(NC12CC3CC(CC(C3)C1)C2)c1onc(OCCNS(=O)(=O)c2ccccc2)c1Sc1ccccc1. The Kier molecular flexibility index (Phi) is 6.96. The minimum Gasteiger partial charge on any atom is -0.473 e. The molecule has 0 aliphatic heterocycles. The third-order valence-electron chi connectivity index (χ3n) is 7.89. The number of amides is 1. The maximum Gasteiger partial charge on any atom is 0.291 e. The Hall–Kier alpha value is -2.82. The number of benzene rings is 2. The summed E-state index contributed by atoms with van der Waals surface area (Å²) in [6.07, 6.45) is 6.97. The summed E-state index contributed by atoms with van der Waals surface area (Å²) < 4.78 is 38.9. The van der Waals surface area contributed by atoms with Crippen molar-refractivity contribution in [1.29, 1.82) is 0 Å². The van der Waals surface area contributed by atoms with E-state index in [1.54, 1.807) is 18.2 Å². The van der Waals surface area contributed by atoms with Crippen LogP contribution in [0.25, 0.3) is 0 Å². The fourth-order valence-corrected chi connectivity index (χ4v) is 8.74. The fourth-order valence-electron chi connectivity index (χ4n) is 6.77. The molecular formula is C28H31N3O5S2. The third-order valence-corrected chi connectivity index (χ3v) is 10.4. The predicted octanol–water partition coefficient (Wildman–Crippen LogP) is 4.88. The molecule has 2 N–H and O–H groups in total. The third kappa shape index (κ3) is 5.34. The van der Waals surface area contributed by atoms with Crippen LogP contribution < -0.4 is 14.8 Å². The van der Waals surface area contributed by atoms with E-state index in [1.165, 1.54) is 43.2 Å². The number of hydrogen-bond donors (Lipinski definition) is 2. The molecule has 0 atom stereocenters. The maximum absolute atomic E-state index is 13.6. The van der Waals surface area contributed by atoms with Gasteiger partial charge in [0.2, 0.25) is 15.8 Å². The Morgan fingerprint density at radius 1 is 0.974 bits per heavy atom. The number of carbonyl (C=O) groups is 1. The van der Waals surface area contributed by atoms with Crippen LogP contribution >= 0.6 is 11.8 Å². The molecule has 10 heteroatoms. The van der Waals surface area contributed by atoms with Crippen molar-refractivity contribution in [3.63, 3.8) is 0 Å². The molecule has 4 aliphatic rings. The van der Waals surface area contributed by atoms with Gasteiger partial charge >= 0.3 is 0 Å². The van der Waals surface area contributed by atoms with E-state index < -0.39 is 10.0 Å². The zero-order chi connectivity index (χ0) is 26.2. The second-order valence-electron chi connectivity index (χ2n) is 10.8. The highest BCUT2D eigenvalue weighted by Gasteiger charge is 2.52. The maximum atomic E-state index is 13.6. The summed E-state index contributed by atoms with van der Waals surface area (Å²) in [5, 5.41) is 7.42. The molecule has 4 saturated carbocycles. The predicted molar refractivity (Wildman–Crippen MR) is 143 cm³/mol. The van der Waals surface area contributed by atoms with Gasteiger partial charge in [-0.15, -0.1) is 0 Å². The van der Waals surface area contributed by atoms with Crippen LogP contribution in [0.15, 0.2) is 79.9 Å². The number of sulfonamides is 1. The number of nitrogens with zero attached hydrogens (tertiary/aromatic N) is 1. The first-order valence-electron chi connectivity index (χ1n) is 13.1. The molecule has 7 rings (SSSR count). The highest BCUT2D eigenvalue weighted by molar-refractivity contribution is 7.99. The van der Waals surface area contributed by atoms with Crippen LogP contribution in [0.4, 0.5) is 0 Å². The number of hydrogen-bond acceptors (Lipinski definition) is 7. The molecule has 0 saturated heterocycles. The van der Waals surface area contributed by atoms with E-state index in [1.807, 2.05) is 30.3 Å². The normalized spacial score (nSPS) is 25.8. The van der Waals surface area contributed by atoms with Crippen LogP contribution in [-0.2, 0) is 10.0 Å². The highest BCUT2D eigenvalue weighted by Crippen LogP contribution is 2.55. The van der Waals surface area contributed by atoms with Crippen molar-refractivity contribution in [2.45, 2.75) is 58.8 Å². The minimum absolute atomic E-state index is 0.0248. The zero-order valence-corrected chi connectivity index (χ0v) is 22.6. The number of rotatable bonds is 10. The number of carbonyl (C=O) groups excluding carboxylic acids is 1. The molecule has 4 aliphatic carbocycles. The van der Waals surface area contributed by atoms with Crippen LogP contribution in [0.5, 0.6) is 5.88 Å². The molecule has 0 spiro atoms. The Balaban J connectivity index is 1.17. The Morgan fingerprint density at radius 3 is 2.21 bits per heavy atom. The number of nitrogens with one attached hydrogen (secondary N) is 2. The van der Waals surface area contributed by atoms with Crippen molar-refractivity contribution in [1.82, 2.24) is 15.2 Å². The van der Waals surface area contributed by atoms with Crippen LogP contribution in [0.1, 0.15) is 49.1 Å². The first kappa shape index (κ1) is 25.5. The van der Waals surface area contributed by atoms with Gasteiger partial charge in [0.05, 0.1) is 4.90 Å². The molecule has 1 aromatic heterocycles. The Labute approximate surface area is 226 Å². The molecule has 1 heterocycles. The summed E-state index contributed by atoms with van der Waals surface area (Å²) in [5.41, 5.74) is -0.163. The average Bonchev–Trinajstić information content (AvgIpc) is 3.29. The Bertz CT molecular complexity index is 1360. The summed E-state index contributed by atoms with van der Waals surface area (Å²) in [4.78, 5) is 15.2. The molecule has 4 fully saturated rings. The van der Waals surface area contributed by atoms with E-state index in [4.69, 9.17) is 9.26 Å². The molecule has 200 valence electrons. The topological polar surface area (TPSA) is 111 Å². The van der Waals surface area contributed by atoms with Crippen molar-refractivity contribution in [2.75, 3.05) is 13.2 Å². The van der Waals surface area contributed by atoms with E-state index in [2.05, 4.69) is 15.2 Å². The summed E-state index contributed by atoms with van der Waals surface area (Å²) >= 11 is 1.35. The molecule has 0 unspecified atom stereocenters. The van der Waals surface area contributed by atoms with Gasteiger partial charge in [0, 0.05) is 17.0 Å². The lowest BCUT2D eigenvalue weighted by atomic mass is 9.53. The van der Waals surface area contributed by atoms with E-state index in [-0.39, 0.29) is 41.1 Å². The van der Waals surface area contributed by atoms with E-state index in [0.29, 0.717) is 22.6 Å². The summed E-state index contributed by atoms with van der Waals surface area (Å²) in [6.45, 7) is 0.0608. The molecule has 0 radical (unpaired) electrons. The highest BCUT2D eigenvalue weighted by atomic mass is 32.2. The first-order valence-corrected chi connectivity index (χ1v) is 15.4. The zero-order valence-electron chi connectivity index (χ0n) is 21.0. The van der Waals surface area contributed by atoms with Gasteiger partial charge in [0.15, 0.2) is 0 Å². The van der Waals surface area contributed by atoms with Crippen molar-refractivity contribution in [3.05, 3.63) is 66.4 Å². The van der Waals surface area contributed by atoms with Crippen LogP contribution in [-0.4, -0.2) is 38.2 Å². The fraction of sp³-hybridized carbons (Fsp3) is 0.429. The largest absolute Gasteiger partial charge is 0.473 e. The molecule has 38 heavy (non-hydrogen) atoms. The van der Waals surface area contributed by atoms with Gasteiger partial charge in [-0.3, -0.25) is 4.79 Å². The monoisotopic (exact) mass is 553 g/mol. The van der Waals surface area contributed by atoms with Gasteiger partial charge in [-0.2, -0.15) is 0 Å². The van der Waals surface area contributed by atoms with E-state index >= 15 is 0 Å². The number of aromatic nitrogens is 1. The van der Waals surface area contributed by atoms with E-state index in [0.717, 1.165) is 24.2 Å². The summed E-state index contributed by atoms with van der Waals surface area (Å²) in [5.74, 6) is 2.15. The molecule has 8 nitrogen and oxygen atoms in total. The van der Waals surface area contributed by atoms with Crippen molar-refractivity contribution >= 4 is 27.7 Å². The van der Waals surface area contributed by atoms with Crippen LogP contribution in [0.2, 0.25) is 0 Å². The molecule has 3 aromatic rings. The van der Waals surface area contributed by atoms with E-state index in [9.17, 15) is 13.2 Å². The van der Waals surface area contributed by atoms with Gasteiger partial charge < -0.3 is 14.6 Å². The average molecular weight is 554 g/mol. The molecule has 4 bridgehead atoms. The van der Waals surface area contributed by atoms with Gasteiger partial charge in [0.1, 0.15) is 11.5 Å². The molecule has 2 aromatic carbocycles. The standard InChI is InChI=1S/C28H31N3O5S2/c32-26(30-28-16-19-13-20(17-28)15-21(14-19)18-28)24-25(37-22-7-3-1-4-8-22)27(31-36-24)35-12-11-29-38(33,34)23-9-5-2-6-10-23/h1-10,19-21,29H,11-18H2,(H,30,32). The second-order valence-corrected chi connectivity index (χ2v) is 13.6. The smallest absolute Gasteiger partial charge is 0.291 e. The first-order chi connectivity index (χ1) is 18.4. The molecular weight excluding hydrogens is 522 g/mol. The second kappa shape index (κ2) is 10.4. The van der Waals surface area contributed by atoms with Crippen LogP contribution in [0.3, 0.4) is 0 Å². The lowest BCUT2D eigenvalue weighted by Gasteiger charge is -2.56. The molecule has 1 amide bonds. The lowest BCUT2D eigenvalue weighted by Crippen LogP contribution is -2.59. The summed E-state index contributed by atoms with van der Waals surface area (Å²) in [7, 11) is -3.65. The van der Waals surface area contributed by atoms with Crippen molar-refractivity contribution in [3.8, 4) is 5.88 Å². The quantitative estimate of drug-likeness (QED) is 0.344. The Morgan fingerprint density at radius 2 is 1.58 bits per heavy atom. The minimum atomic E-state index is -3.65. The van der Waals surface area contributed by atoms with Gasteiger partial charge in [-0.25, -0.2) is 13.1 Å². The van der Waals surface area contributed by atoms with Crippen molar-refractivity contribution in [2.24, 2.45) is 17.8 Å². The van der Waals surface area contributed by atoms with Crippen molar-refractivity contribution < 1.29 is 22.5 Å². The van der Waals surface area contributed by atoms with Gasteiger partial charge in [-0.05, 0) is 85.7 Å². The lowest BCUT2D eigenvalue weighted by molar-refractivity contribution is -0.0173. The van der Waals surface area contributed by atoms with Crippen LogP contribution in [0, 0.1) is 17.8 Å². The number of ether oxygens (including phenoxy) is 1. The van der Waals surface area contributed by atoms with Gasteiger partial charge in [0.25, 0.3) is 11.8 Å².